The predicted octanol–water partition coefficient (Wildman–Crippen LogP) is 2.49. The van der Waals surface area contributed by atoms with Gasteiger partial charge < -0.3 is 14.6 Å². The second kappa shape index (κ2) is 15.5. The number of rotatable bonds is 8. The molecule has 26 heavy (non-hydrogen) atoms. The summed E-state index contributed by atoms with van der Waals surface area (Å²) in [6, 6.07) is 0. The predicted molar refractivity (Wildman–Crippen MR) is 101 cm³/mol. The van der Waals surface area contributed by atoms with Crippen LogP contribution in [0.15, 0.2) is 48.1 Å². The molecule has 0 spiro atoms. The van der Waals surface area contributed by atoms with E-state index in [9.17, 15) is 9.59 Å². The van der Waals surface area contributed by atoms with Crippen LogP contribution in [0.4, 0.5) is 0 Å². The van der Waals surface area contributed by atoms with Crippen LogP contribution in [0.2, 0.25) is 0 Å². The molecular formula is C21H24O5. The van der Waals surface area contributed by atoms with Crippen molar-refractivity contribution in [2.75, 3.05) is 13.2 Å². The number of carbonyl (C=O) groups is 2. The second-order valence-electron chi connectivity index (χ2n) is 5.19. The molecule has 0 aromatic rings. The molecule has 0 radical (unpaired) electrons. The third-order valence-electron chi connectivity index (χ3n) is 2.51. The Kier molecular flexibility index (Phi) is 13.7. The summed E-state index contributed by atoms with van der Waals surface area (Å²) in [6.07, 6.45) is 11.0. The van der Waals surface area contributed by atoms with Crippen LogP contribution in [0.1, 0.15) is 27.2 Å². The minimum Gasteiger partial charge on any atom is -0.466 e. The molecule has 5 heteroatoms. The summed E-state index contributed by atoms with van der Waals surface area (Å²) < 4.78 is 10.2. The highest BCUT2D eigenvalue weighted by atomic mass is 16.6. The van der Waals surface area contributed by atoms with Gasteiger partial charge in [-0.3, -0.25) is 4.79 Å². The molecule has 0 amide bonds. The molecule has 0 aliphatic carbocycles. The molecule has 1 N–H and O–H groups in total. The Balaban J connectivity index is 4.66. The van der Waals surface area contributed by atoms with Crippen LogP contribution in [-0.2, 0) is 19.1 Å². The molecule has 0 rings (SSSR count). The van der Waals surface area contributed by atoms with Crippen LogP contribution in [0, 0.1) is 23.7 Å². The lowest BCUT2D eigenvalue weighted by atomic mass is 10.2. The quantitative estimate of drug-likeness (QED) is 0.313. The van der Waals surface area contributed by atoms with Crippen molar-refractivity contribution in [3.05, 3.63) is 48.1 Å². The zero-order valence-electron chi connectivity index (χ0n) is 15.3. The van der Waals surface area contributed by atoms with Crippen LogP contribution < -0.4 is 0 Å². The van der Waals surface area contributed by atoms with E-state index >= 15 is 0 Å². The second-order valence-corrected chi connectivity index (χ2v) is 5.19. The van der Waals surface area contributed by atoms with Crippen LogP contribution in [-0.4, -0.2) is 36.4 Å². The fourth-order valence-electron chi connectivity index (χ4n) is 1.49. The first-order valence-corrected chi connectivity index (χ1v) is 8.04. The standard InChI is InChI=1S/C21H24O5/c1-18(2)17-21(24)26-20(14-16-25-19(3)23)13-11-9-7-5-4-6-8-10-12-15-22/h7,9-13,17,20,22H,14-16H2,1-3H3/t20-/m0/s1. The summed E-state index contributed by atoms with van der Waals surface area (Å²) in [4.78, 5) is 22.6. The van der Waals surface area contributed by atoms with E-state index in [1.807, 2.05) is 0 Å². The normalized spacial score (nSPS) is 11.4. The molecule has 5 nitrogen and oxygen atoms in total. The molecular weight excluding hydrogens is 332 g/mol. The van der Waals surface area contributed by atoms with Crippen molar-refractivity contribution < 1.29 is 24.2 Å². The molecule has 0 aliphatic heterocycles. The van der Waals surface area contributed by atoms with Gasteiger partial charge in [-0.25, -0.2) is 4.79 Å². The highest BCUT2D eigenvalue weighted by Crippen LogP contribution is 2.04. The summed E-state index contributed by atoms with van der Waals surface area (Å²) in [5.74, 6) is 9.75. The minimum atomic E-state index is -0.515. The number of hydrogen-bond acceptors (Lipinski definition) is 5. The molecule has 138 valence electrons. The highest BCUT2D eigenvalue weighted by Gasteiger charge is 2.10. The average Bonchev–Trinajstić information content (AvgIpc) is 2.55. The van der Waals surface area contributed by atoms with Crippen LogP contribution >= 0.6 is 0 Å². The van der Waals surface area contributed by atoms with Gasteiger partial charge in [-0.1, -0.05) is 35.6 Å². The van der Waals surface area contributed by atoms with E-state index in [-0.39, 0.29) is 19.2 Å². The van der Waals surface area contributed by atoms with E-state index < -0.39 is 12.1 Å². The van der Waals surface area contributed by atoms with Gasteiger partial charge in [-0.2, -0.15) is 0 Å². The fraction of sp³-hybridized carbons (Fsp3) is 0.333. The minimum absolute atomic E-state index is 0.0520. The fourth-order valence-corrected chi connectivity index (χ4v) is 1.49. The summed E-state index contributed by atoms with van der Waals surface area (Å²) in [6.45, 7) is 5.03. The number of esters is 2. The lowest BCUT2D eigenvalue weighted by Crippen LogP contribution is -2.17. The topological polar surface area (TPSA) is 72.8 Å². The Morgan fingerprint density at radius 3 is 2.38 bits per heavy atom. The highest BCUT2D eigenvalue weighted by molar-refractivity contribution is 5.82. The SMILES string of the molecule is CC(=O)OCC[C@H](C=CC=CC#CC#CC=CCO)OC(=O)C=C(C)C. The molecule has 0 heterocycles. The largest absolute Gasteiger partial charge is 0.466 e. The maximum atomic E-state index is 11.7. The summed E-state index contributed by atoms with van der Waals surface area (Å²) in [5.41, 5.74) is 0.836. The van der Waals surface area contributed by atoms with Crippen LogP contribution in [0.5, 0.6) is 0 Å². The summed E-state index contributed by atoms with van der Waals surface area (Å²) in [5, 5.41) is 8.52. The van der Waals surface area contributed by atoms with Gasteiger partial charge in [0, 0.05) is 19.4 Å². The summed E-state index contributed by atoms with van der Waals surface area (Å²) >= 11 is 0. The number of aliphatic hydroxyl groups excluding tert-OH is 1. The summed E-state index contributed by atoms with van der Waals surface area (Å²) in [7, 11) is 0. The van der Waals surface area contributed by atoms with Gasteiger partial charge in [0.15, 0.2) is 0 Å². The van der Waals surface area contributed by atoms with Gasteiger partial charge in [0.2, 0.25) is 0 Å². The first-order chi connectivity index (χ1) is 12.5. The van der Waals surface area contributed by atoms with Gasteiger partial charge in [0.1, 0.15) is 6.10 Å². The Labute approximate surface area is 155 Å². The van der Waals surface area contributed by atoms with Gasteiger partial charge >= 0.3 is 11.9 Å². The van der Waals surface area contributed by atoms with Gasteiger partial charge in [0.05, 0.1) is 13.2 Å². The van der Waals surface area contributed by atoms with Crippen LogP contribution in [0.3, 0.4) is 0 Å². The number of aliphatic hydroxyl groups is 1. The van der Waals surface area contributed by atoms with Crippen molar-refractivity contribution in [2.45, 2.75) is 33.3 Å². The smallest absolute Gasteiger partial charge is 0.331 e. The van der Waals surface area contributed by atoms with Crippen molar-refractivity contribution in [3.8, 4) is 23.7 Å². The molecule has 0 aromatic heterocycles. The first kappa shape index (κ1) is 23.0. The van der Waals surface area contributed by atoms with Crippen molar-refractivity contribution in [1.29, 1.82) is 0 Å². The van der Waals surface area contributed by atoms with E-state index in [0.717, 1.165) is 5.57 Å². The Hall–Kier alpha value is -3.02. The van der Waals surface area contributed by atoms with E-state index in [2.05, 4.69) is 23.7 Å². The molecule has 0 fully saturated rings. The monoisotopic (exact) mass is 356 g/mol. The van der Waals surface area contributed by atoms with Crippen molar-refractivity contribution >= 4 is 11.9 Å². The van der Waals surface area contributed by atoms with Gasteiger partial charge in [0.25, 0.3) is 0 Å². The number of carbonyl (C=O) groups excluding carboxylic acids is 2. The zero-order valence-corrected chi connectivity index (χ0v) is 15.3. The molecule has 0 unspecified atom stereocenters. The molecule has 0 saturated heterocycles. The van der Waals surface area contributed by atoms with Gasteiger partial charge in [-0.05, 0) is 43.9 Å². The van der Waals surface area contributed by atoms with E-state index in [0.29, 0.717) is 6.42 Å². The third-order valence-corrected chi connectivity index (χ3v) is 2.51. The van der Waals surface area contributed by atoms with Crippen molar-refractivity contribution in [3.63, 3.8) is 0 Å². The Morgan fingerprint density at radius 2 is 1.77 bits per heavy atom. The maximum absolute atomic E-state index is 11.7. The lowest BCUT2D eigenvalue weighted by Gasteiger charge is -2.13. The Morgan fingerprint density at radius 1 is 1.08 bits per heavy atom. The molecule has 0 bridgehead atoms. The molecule has 1 atom stereocenters. The Bertz CT molecular complexity index is 683. The number of ether oxygens (including phenoxy) is 2. The van der Waals surface area contributed by atoms with E-state index in [1.165, 1.54) is 25.2 Å². The van der Waals surface area contributed by atoms with Gasteiger partial charge in [-0.15, -0.1) is 0 Å². The first-order valence-electron chi connectivity index (χ1n) is 8.04. The van der Waals surface area contributed by atoms with E-state index in [1.54, 1.807) is 38.2 Å². The van der Waals surface area contributed by atoms with Crippen molar-refractivity contribution in [2.24, 2.45) is 0 Å². The average molecular weight is 356 g/mol. The van der Waals surface area contributed by atoms with Crippen molar-refractivity contribution in [1.82, 2.24) is 0 Å². The molecule has 0 aliphatic rings. The lowest BCUT2D eigenvalue weighted by molar-refractivity contribution is -0.144. The van der Waals surface area contributed by atoms with E-state index in [4.69, 9.17) is 14.6 Å². The molecule has 0 aromatic carbocycles. The number of hydrogen-bond donors (Lipinski definition) is 1. The zero-order chi connectivity index (χ0) is 19.6. The maximum Gasteiger partial charge on any atom is 0.331 e. The number of allylic oxidation sites excluding steroid dienone is 5. The van der Waals surface area contributed by atoms with Crippen LogP contribution in [0.25, 0.3) is 0 Å². The third kappa shape index (κ3) is 15.9. The molecule has 0 saturated carbocycles.